The number of rotatable bonds is 7. The van der Waals surface area contributed by atoms with E-state index in [1.54, 1.807) is 42.5 Å². The molecule has 36 heavy (non-hydrogen) atoms. The van der Waals surface area contributed by atoms with E-state index in [0.29, 0.717) is 42.3 Å². The smallest absolute Gasteiger partial charge is 0.257 e. The predicted octanol–water partition coefficient (Wildman–Crippen LogP) is 3.82. The topological polar surface area (TPSA) is 73.9 Å². The first-order valence-electron chi connectivity index (χ1n) is 11.9. The number of benzene rings is 3. The molecule has 0 spiro atoms. The Labute approximate surface area is 217 Å². The van der Waals surface area contributed by atoms with Crippen molar-refractivity contribution in [2.24, 2.45) is 0 Å². The van der Waals surface area contributed by atoms with Crippen molar-refractivity contribution in [2.45, 2.75) is 6.42 Å². The molecule has 7 nitrogen and oxygen atoms in total. The van der Waals surface area contributed by atoms with E-state index in [9.17, 15) is 9.59 Å². The number of amides is 2. The van der Waals surface area contributed by atoms with Crippen molar-refractivity contribution in [3.05, 3.63) is 95.6 Å². The first-order valence-corrected chi connectivity index (χ1v) is 12.4. The highest BCUT2D eigenvalue weighted by atomic mass is 32.1. The third-order valence-corrected chi connectivity index (χ3v) is 6.19. The van der Waals surface area contributed by atoms with E-state index >= 15 is 0 Å². The van der Waals surface area contributed by atoms with Crippen molar-refractivity contribution >= 4 is 34.8 Å². The largest absolute Gasteiger partial charge is 0.493 e. The maximum Gasteiger partial charge on any atom is 0.257 e. The number of nitrogens with zero attached hydrogens (tertiary/aromatic N) is 2. The van der Waals surface area contributed by atoms with Crippen molar-refractivity contribution in [3.8, 4) is 5.75 Å². The first-order chi connectivity index (χ1) is 17.5. The number of ether oxygens (including phenoxy) is 1. The third-order valence-electron chi connectivity index (χ3n) is 5.98. The number of carbonyl (C=O) groups is 2. The molecule has 2 amide bonds. The van der Waals surface area contributed by atoms with Crippen LogP contribution in [0.2, 0.25) is 0 Å². The van der Waals surface area contributed by atoms with Crippen LogP contribution in [0.15, 0.2) is 78.9 Å². The molecule has 0 aromatic heterocycles. The summed E-state index contributed by atoms with van der Waals surface area (Å²) in [6, 6.07) is 24.2. The van der Waals surface area contributed by atoms with Crippen LogP contribution in [-0.4, -0.2) is 66.6 Å². The second-order valence-electron chi connectivity index (χ2n) is 8.70. The molecule has 1 fully saturated rings. The van der Waals surface area contributed by atoms with Crippen molar-refractivity contribution in [1.29, 1.82) is 0 Å². The molecule has 3 aromatic carbocycles. The van der Waals surface area contributed by atoms with Gasteiger partial charge in [0.05, 0.1) is 6.61 Å². The standard InChI is InChI=1S/C28H30N4O3S/c1-31-14-16-32(17-15-31)27(34)23-10-5-11-24(19-23)29-28(36)30-26(33)22-9-6-12-25(20-22)35-18-13-21-7-3-2-4-8-21/h2-12,19-20H,13-18H2,1H3,(H2,29,30,33,36). The summed E-state index contributed by atoms with van der Waals surface area (Å²) in [5.41, 5.74) is 2.85. The van der Waals surface area contributed by atoms with E-state index in [1.807, 2.05) is 29.2 Å². The Morgan fingerprint density at radius 1 is 0.889 bits per heavy atom. The molecule has 1 aliphatic heterocycles. The van der Waals surface area contributed by atoms with Crippen LogP contribution >= 0.6 is 12.2 Å². The Balaban J connectivity index is 1.30. The first kappa shape index (κ1) is 25.3. The van der Waals surface area contributed by atoms with Crippen molar-refractivity contribution in [3.63, 3.8) is 0 Å². The van der Waals surface area contributed by atoms with Gasteiger partial charge in [-0.25, -0.2) is 0 Å². The Morgan fingerprint density at radius 2 is 1.61 bits per heavy atom. The van der Waals surface area contributed by atoms with Crippen LogP contribution in [0.5, 0.6) is 5.75 Å². The monoisotopic (exact) mass is 502 g/mol. The SMILES string of the molecule is CN1CCN(C(=O)c2cccc(NC(=S)NC(=O)c3cccc(OCCc4ccccc4)c3)c2)CC1. The number of hydrogen-bond acceptors (Lipinski definition) is 5. The Bertz CT molecular complexity index is 1210. The molecule has 8 heteroatoms. The number of carbonyl (C=O) groups excluding carboxylic acids is 2. The van der Waals surface area contributed by atoms with E-state index in [1.165, 1.54) is 5.56 Å². The molecule has 1 saturated heterocycles. The molecule has 0 saturated carbocycles. The van der Waals surface area contributed by atoms with Crippen molar-refractivity contribution in [2.75, 3.05) is 45.2 Å². The Kier molecular flexibility index (Phi) is 8.65. The highest BCUT2D eigenvalue weighted by molar-refractivity contribution is 7.80. The van der Waals surface area contributed by atoms with Crippen LogP contribution < -0.4 is 15.4 Å². The molecule has 0 unspecified atom stereocenters. The minimum atomic E-state index is -0.342. The lowest BCUT2D eigenvalue weighted by Crippen LogP contribution is -2.47. The second kappa shape index (κ2) is 12.3. The highest BCUT2D eigenvalue weighted by Gasteiger charge is 2.20. The van der Waals surface area contributed by atoms with E-state index < -0.39 is 0 Å². The second-order valence-corrected chi connectivity index (χ2v) is 9.10. The van der Waals surface area contributed by atoms with Gasteiger partial charge in [-0.05, 0) is 61.2 Å². The zero-order valence-electron chi connectivity index (χ0n) is 20.3. The number of piperazine rings is 1. The number of hydrogen-bond donors (Lipinski definition) is 2. The number of anilines is 1. The maximum absolute atomic E-state index is 12.9. The van der Waals surface area contributed by atoms with Gasteiger partial charge in [-0.1, -0.05) is 42.5 Å². The Hall–Kier alpha value is -3.75. The molecule has 186 valence electrons. The van der Waals surface area contributed by atoms with Crippen LogP contribution in [0, 0.1) is 0 Å². The average molecular weight is 503 g/mol. The van der Waals surface area contributed by atoms with Crippen LogP contribution in [0.3, 0.4) is 0 Å². The van der Waals surface area contributed by atoms with E-state index in [2.05, 4.69) is 34.7 Å². The molecular weight excluding hydrogens is 472 g/mol. The van der Waals surface area contributed by atoms with E-state index in [4.69, 9.17) is 17.0 Å². The van der Waals surface area contributed by atoms with Gasteiger partial charge in [0.25, 0.3) is 11.8 Å². The molecule has 0 atom stereocenters. The van der Waals surface area contributed by atoms with Crippen LogP contribution in [0.4, 0.5) is 5.69 Å². The lowest BCUT2D eigenvalue weighted by atomic mass is 10.1. The summed E-state index contributed by atoms with van der Waals surface area (Å²) in [4.78, 5) is 29.7. The maximum atomic E-state index is 12.9. The molecule has 1 aliphatic rings. The van der Waals surface area contributed by atoms with Crippen LogP contribution in [-0.2, 0) is 6.42 Å². The van der Waals surface area contributed by atoms with Crippen LogP contribution in [0.25, 0.3) is 0 Å². The van der Waals surface area contributed by atoms with Gasteiger partial charge < -0.3 is 19.9 Å². The van der Waals surface area contributed by atoms with Gasteiger partial charge in [-0.3, -0.25) is 14.9 Å². The van der Waals surface area contributed by atoms with Crippen molar-refractivity contribution < 1.29 is 14.3 Å². The van der Waals surface area contributed by atoms with Gasteiger partial charge in [-0.15, -0.1) is 0 Å². The van der Waals surface area contributed by atoms with E-state index in [-0.39, 0.29) is 16.9 Å². The minimum absolute atomic E-state index is 0.00853. The molecule has 0 radical (unpaired) electrons. The number of thiocarbonyl (C=S) groups is 1. The molecule has 1 heterocycles. The molecule has 0 bridgehead atoms. The number of nitrogens with one attached hydrogen (secondary N) is 2. The number of likely N-dealkylation sites (N-methyl/N-ethyl adjacent to an activating group) is 1. The molecule has 3 aromatic rings. The van der Waals surface area contributed by atoms with Gasteiger partial charge >= 0.3 is 0 Å². The third kappa shape index (κ3) is 7.13. The molecular formula is C28H30N4O3S. The molecule has 2 N–H and O–H groups in total. The normalized spacial score (nSPS) is 13.6. The summed E-state index contributed by atoms with van der Waals surface area (Å²) in [5.74, 6) is 0.268. The summed E-state index contributed by atoms with van der Waals surface area (Å²) in [5, 5.41) is 5.85. The van der Waals surface area contributed by atoms with Crippen LogP contribution in [0.1, 0.15) is 26.3 Å². The summed E-state index contributed by atoms with van der Waals surface area (Å²) < 4.78 is 5.83. The fourth-order valence-corrected chi connectivity index (χ4v) is 4.13. The molecule has 0 aliphatic carbocycles. The summed E-state index contributed by atoms with van der Waals surface area (Å²) >= 11 is 5.34. The predicted molar refractivity (Wildman–Crippen MR) is 146 cm³/mol. The summed E-state index contributed by atoms with van der Waals surface area (Å²) in [7, 11) is 2.05. The summed E-state index contributed by atoms with van der Waals surface area (Å²) in [6.07, 6.45) is 0.779. The van der Waals surface area contributed by atoms with Crippen molar-refractivity contribution in [1.82, 2.24) is 15.1 Å². The summed E-state index contributed by atoms with van der Waals surface area (Å²) in [6.45, 7) is 3.64. The lowest BCUT2D eigenvalue weighted by molar-refractivity contribution is 0.0664. The average Bonchev–Trinajstić information content (AvgIpc) is 2.89. The fourth-order valence-electron chi connectivity index (χ4n) is 3.92. The quantitative estimate of drug-likeness (QED) is 0.479. The minimum Gasteiger partial charge on any atom is -0.493 e. The van der Waals surface area contributed by atoms with Gasteiger partial charge in [0.1, 0.15) is 5.75 Å². The highest BCUT2D eigenvalue weighted by Crippen LogP contribution is 2.16. The fraction of sp³-hybridized carbons (Fsp3) is 0.250. The molecule has 4 rings (SSSR count). The lowest BCUT2D eigenvalue weighted by Gasteiger charge is -2.32. The van der Waals surface area contributed by atoms with E-state index in [0.717, 1.165) is 19.5 Å². The van der Waals surface area contributed by atoms with Gasteiger partial charge in [0.15, 0.2) is 5.11 Å². The zero-order chi connectivity index (χ0) is 25.3. The Morgan fingerprint density at radius 3 is 2.39 bits per heavy atom. The van der Waals surface area contributed by atoms with Gasteiger partial charge in [-0.2, -0.15) is 0 Å². The zero-order valence-corrected chi connectivity index (χ0v) is 21.1. The van der Waals surface area contributed by atoms with Gasteiger partial charge in [0.2, 0.25) is 0 Å². The van der Waals surface area contributed by atoms with Gasteiger partial charge in [0, 0.05) is 49.4 Å².